The lowest BCUT2D eigenvalue weighted by Gasteiger charge is -2.37. The number of amides is 1. The van der Waals surface area contributed by atoms with E-state index in [1.807, 2.05) is 34.6 Å². The van der Waals surface area contributed by atoms with E-state index in [9.17, 15) is 9.90 Å². The van der Waals surface area contributed by atoms with Crippen LogP contribution in [0, 0.1) is 0 Å². The molecular formula is C19H30N2O6S. The summed E-state index contributed by atoms with van der Waals surface area (Å²) in [5, 5.41) is 13.2. The molecule has 0 aliphatic carbocycles. The maximum atomic E-state index is 13.0. The van der Waals surface area contributed by atoms with Crippen LogP contribution in [0.15, 0.2) is 11.6 Å². The lowest BCUT2D eigenvalue weighted by Crippen LogP contribution is -2.55. The van der Waals surface area contributed by atoms with Gasteiger partial charge in [0, 0.05) is 11.6 Å². The fourth-order valence-corrected chi connectivity index (χ4v) is 4.28. The molecule has 3 heterocycles. The van der Waals surface area contributed by atoms with Gasteiger partial charge < -0.3 is 24.1 Å². The molecule has 0 spiro atoms. The molecule has 0 aromatic carbocycles. The van der Waals surface area contributed by atoms with Crippen LogP contribution in [-0.4, -0.2) is 63.1 Å². The van der Waals surface area contributed by atoms with E-state index in [0.29, 0.717) is 5.01 Å². The molecule has 0 bridgehead atoms. The van der Waals surface area contributed by atoms with E-state index in [2.05, 4.69) is 4.98 Å². The van der Waals surface area contributed by atoms with Gasteiger partial charge in [0.1, 0.15) is 34.6 Å². The third-order valence-electron chi connectivity index (χ3n) is 4.67. The van der Waals surface area contributed by atoms with E-state index in [1.54, 1.807) is 30.3 Å². The predicted octanol–water partition coefficient (Wildman–Crippen LogP) is 3.07. The third-order valence-corrected chi connectivity index (χ3v) is 5.51. The Morgan fingerprint density at radius 3 is 2.61 bits per heavy atom. The minimum Gasteiger partial charge on any atom is -0.444 e. The highest BCUT2D eigenvalue weighted by atomic mass is 32.1. The first-order chi connectivity index (χ1) is 12.8. The van der Waals surface area contributed by atoms with E-state index in [4.69, 9.17) is 18.9 Å². The molecule has 1 aromatic rings. The Morgan fingerprint density at radius 2 is 2.04 bits per heavy atom. The van der Waals surface area contributed by atoms with Crippen LogP contribution < -0.4 is 0 Å². The first kappa shape index (κ1) is 21.4. The number of hydrogen-bond donors (Lipinski definition) is 1. The number of aromatic nitrogens is 1. The molecule has 2 aliphatic heterocycles. The Morgan fingerprint density at radius 1 is 1.36 bits per heavy atom. The molecule has 3 rings (SSSR count). The monoisotopic (exact) mass is 414 g/mol. The number of carbonyl (C=O) groups excluding carboxylic acids is 1. The highest BCUT2D eigenvalue weighted by molar-refractivity contribution is 7.09. The molecule has 2 saturated heterocycles. The zero-order valence-electron chi connectivity index (χ0n) is 17.5. The standard InChI is InChI=1S/C19H30N2O6S/c1-17(2,3)27-16(23)21-11(10-24-18(21,4)5)13-14(26-19(6,7)25-13)12(22)15-20-8-9-28-15/h8-9,11-14,22H,10H2,1-7H3/t11-,12-,13-,14-/m0/s1. The fourth-order valence-electron chi connectivity index (χ4n) is 3.62. The number of nitrogens with zero attached hydrogens (tertiary/aromatic N) is 2. The molecule has 1 N–H and O–H groups in total. The highest BCUT2D eigenvalue weighted by Crippen LogP contribution is 2.42. The lowest BCUT2D eigenvalue weighted by atomic mass is 10.0. The van der Waals surface area contributed by atoms with E-state index in [1.165, 1.54) is 11.3 Å². The maximum Gasteiger partial charge on any atom is 0.412 e. The highest BCUT2D eigenvalue weighted by Gasteiger charge is 2.57. The summed E-state index contributed by atoms with van der Waals surface area (Å²) in [7, 11) is 0. The first-order valence-corrected chi connectivity index (χ1v) is 10.3. The summed E-state index contributed by atoms with van der Waals surface area (Å²) in [5.74, 6) is -0.917. The van der Waals surface area contributed by atoms with Crippen LogP contribution >= 0.6 is 11.3 Å². The van der Waals surface area contributed by atoms with Gasteiger partial charge in [-0.1, -0.05) is 0 Å². The molecule has 1 amide bonds. The van der Waals surface area contributed by atoms with Crippen LogP contribution in [0.3, 0.4) is 0 Å². The Bertz CT molecular complexity index is 700. The van der Waals surface area contributed by atoms with Crippen molar-refractivity contribution < 1.29 is 28.8 Å². The smallest absolute Gasteiger partial charge is 0.412 e. The molecular weight excluding hydrogens is 384 g/mol. The van der Waals surface area contributed by atoms with Gasteiger partial charge in [0.05, 0.1) is 12.6 Å². The van der Waals surface area contributed by atoms with Gasteiger partial charge >= 0.3 is 6.09 Å². The van der Waals surface area contributed by atoms with Crippen molar-refractivity contribution in [1.29, 1.82) is 0 Å². The second-order valence-electron chi connectivity index (χ2n) is 9.06. The largest absolute Gasteiger partial charge is 0.444 e. The lowest BCUT2D eigenvalue weighted by molar-refractivity contribution is -0.158. The number of ether oxygens (including phenoxy) is 4. The van der Waals surface area contributed by atoms with Crippen LogP contribution in [0.5, 0.6) is 0 Å². The average Bonchev–Trinajstić information content (AvgIpc) is 3.21. The van der Waals surface area contributed by atoms with Crippen molar-refractivity contribution in [2.24, 2.45) is 0 Å². The number of thiazole rings is 1. The summed E-state index contributed by atoms with van der Waals surface area (Å²) in [5.41, 5.74) is -1.52. The van der Waals surface area contributed by atoms with Crippen LogP contribution in [0.2, 0.25) is 0 Å². The molecule has 0 unspecified atom stereocenters. The summed E-state index contributed by atoms with van der Waals surface area (Å²) in [6.07, 6.45) is -1.14. The quantitative estimate of drug-likeness (QED) is 0.813. The normalized spacial score (nSPS) is 30.4. The maximum absolute atomic E-state index is 13.0. The molecule has 8 nitrogen and oxygen atoms in total. The number of rotatable bonds is 3. The minimum absolute atomic E-state index is 0.247. The first-order valence-electron chi connectivity index (χ1n) is 9.40. The molecule has 0 radical (unpaired) electrons. The van der Waals surface area contributed by atoms with Crippen LogP contribution in [0.25, 0.3) is 0 Å². The minimum atomic E-state index is -0.976. The summed E-state index contributed by atoms with van der Waals surface area (Å²) in [4.78, 5) is 18.7. The Hall–Kier alpha value is -1.26. The van der Waals surface area contributed by atoms with Crippen molar-refractivity contribution >= 4 is 17.4 Å². The van der Waals surface area contributed by atoms with E-state index >= 15 is 0 Å². The molecule has 0 saturated carbocycles. The number of carbonyl (C=O) groups is 1. The second-order valence-corrected chi connectivity index (χ2v) is 9.98. The van der Waals surface area contributed by atoms with E-state index in [-0.39, 0.29) is 6.61 Å². The topological polar surface area (TPSA) is 90.4 Å². The molecule has 28 heavy (non-hydrogen) atoms. The van der Waals surface area contributed by atoms with Gasteiger partial charge in [-0.25, -0.2) is 9.78 Å². The molecule has 4 atom stereocenters. The van der Waals surface area contributed by atoms with Crippen molar-refractivity contribution in [3.8, 4) is 0 Å². The summed E-state index contributed by atoms with van der Waals surface area (Å²) < 4.78 is 23.7. The third kappa shape index (κ3) is 4.33. The zero-order chi connectivity index (χ0) is 20.9. The van der Waals surface area contributed by atoms with Crippen molar-refractivity contribution in [3.05, 3.63) is 16.6 Å². The van der Waals surface area contributed by atoms with Gasteiger partial charge in [-0.2, -0.15) is 0 Å². The van der Waals surface area contributed by atoms with E-state index < -0.39 is 47.6 Å². The molecule has 2 aliphatic rings. The molecule has 158 valence electrons. The van der Waals surface area contributed by atoms with Crippen LogP contribution in [0.1, 0.15) is 59.6 Å². The van der Waals surface area contributed by atoms with E-state index in [0.717, 1.165) is 0 Å². The Labute approximate surface area is 169 Å². The molecule has 2 fully saturated rings. The van der Waals surface area contributed by atoms with Crippen molar-refractivity contribution in [1.82, 2.24) is 9.88 Å². The summed E-state index contributed by atoms with van der Waals surface area (Å²) in [6, 6.07) is -0.480. The van der Waals surface area contributed by atoms with Gasteiger partial charge in [0.15, 0.2) is 5.79 Å². The fraction of sp³-hybridized carbons (Fsp3) is 0.789. The zero-order valence-corrected chi connectivity index (χ0v) is 18.3. The Kier molecular flexibility index (Phi) is 5.52. The van der Waals surface area contributed by atoms with Gasteiger partial charge in [0.2, 0.25) is 0 Å². The average molecular weight is 415 g/mol. The second kappa shape index (κ2) is 7.21. The van der Waals surface area contributed by atoms with Crippen molar-refractivity contribution in [2.45, 2.75) is 89.9 Å². The SMILES string of the molecule is CC(C)(C)OC(=O)N1[C@H]([C@@H]2OC(C)(C)O[C@H]2[C@H](O)c2nccs2)COC1(C)C. The van der Waals surface area contributed by atoms with Gasteiger partial charge in [-0.05, 0) is 48.5 Å². The van der Waals surface area contributed by atoms with Gasteiger partial charge in [0.25, 0.3) is 0 Å². The van der Waals surface area contributed by atoms with Crippen molar-refractivity contribution in [3.63, 3.8) is 0 Å². The number of aliphatic hydroxyl groups is 1. The van der Waals surface area contributed by atoms with Crippen molar-refractivity contribution in [2.75, 3.05) is 6.61 Å². The predicted molar refractivity (Wildman–Crippen MR) is 103 cm³/mol. The number of hydrogen-bond acceptors (Lipinski definition) is 8. The summed E-state index contributed by atoms with van der Waals surface area (Å²) in [6.45, 7) is 12.9. The van der Waals surface area contributed by atoms with Gasteiger partial charge in [-0.15, -0.1) is 11.3 Å². The Balaban J connectivity index is 1.90. The van der Waals surface area contributed by atoms with Gasteiger partial charge in [-0.3, -0.25) is 4.90 Å². The van der Waals surface area contributed by atoms with Crippen LogP contribution in [0.4, 0.5) is 4.79 Å². The molecule has 1 aromatic heterocycles. The molecule has 9 heteroatoms. The number of aliphatic hydroxyl groups excluding tert-OH is 1. The summed E-state index contributed by atoms with van der Waals surface area (Å²) >= 11 is 1.34. The van der Waals surface area contributed by atoms with Crippen LogP contribution in [-0.2, 0) is 18.9 Å².